The lowest BCUT2D eigenvalue weighted by Crippen LogP contribution is -2.55. The topological polar surface area (TPSA) is 56.8 Å². The van der Waals surface area contributed by atoms with Crippen molar-refractivity contribution in [2.75, 3.05) is 33.0 Å². The predicted molar refractivity (Wildman–Crippen MR) is 79.0 cm³/mol. The summed E-state index contributed by atoms with van der Waals surface area (Å²) in [7, 11) is 0. The van der Waals surface area contributed by atoms with E-state index in [4.69, 9.17) is 14.2 Å². The molecule has 2 rings (SSSR count). The summed E-state index contributed by atoms with van der Waals surface area (Å²) in [6, 6.07) is 9.58. The number of rotatable bonds is 8. The Morgan fingerprint density at radius 1 is 1.33 bits per heavy atom. The van der Waals surface area contributed by atoms with Crippen molar-refractivity contribution >= 4 is 5.97 Å². The van der Waals surface area contributed by atoms with Crippen molar-refractivity contribution in [2.24, 2.45) is 0 Å². The maximum atomic E-state index is 12.6. The maximum absolute atomic E-state index is 12.6. The highest BCUT2D eigenvalue weighted by Crippen LogP contribution is 2.25. The normalized spacial score (nSPS) is 17.8. The summed E-state index contributed by atoms with van der Waals surface area (Å²) in [6.45, 7) is 6.14. The van der Waals surface area contributed by atoms with Crippen molar-refractivity contribution in [3.63, 3.8) is 0 Å². The molecule has 5 heteroatoms. The Morgan fingerprint density at radius 3 is 2.57 bits per heavy atom. The Hall–Kier alpha value is -1.43. The molecule has 0 radical (unpaired) electrons. The third-order valence-electron chi connectivity index (χ3n) is 3.51. The lowest BCUT2D eigenvalue weighted by molar-refractivity contribution is -0.167. The molecule has 1 N–H and O–H groups in total. The second-order valence-electron chi connectivity index (χ2n) is 4.99. The van der Waals surface area contributed by atoms with Gasteiger partial charge < -0.3 is 14.2 Å². The number of hydrogen-bond donors (Lipinski definition) is 1. The van der Waals surface area contributed by atoms with Gasteiger partial charge in [0.2, 0.25) is 0 Å². The smallest absolute Gasteiger partial charge is 0.333 e. The van der Waals surface area contributed by atoms with E-state index in [1.807, 2.05) is 37.3 Å². The molecule has 1 aromatic carbocycles. The van der Waals surface area contributed by atoms with Crippen LogP contribution in [-0.2, 0) is 24.5 Å². The lowest BCUT2D eigenvalue weighted by Gasteiger charge is -2.35. The van der Waals surface area contributed by atoms with E-state index in [0.29, 0.717) is 26.4 Å². The number of nitrogens with one attached hydrogen (secondary N) is 1. The molecule has 1 aliphatic rings. The van der Waals surface area contributed by atoms with Crippen LogP contribution in [0.1, 0.15) is 19.4 Å². The number of hydrogen-bond acceptors (Lipinski definition) is 5. The van der Waals surface area contributed by atoms with Crippen LogP contribution in [-0.4, -0.2) is 45.0 Å². The van der Waals surface area contributed by atoms with E-state index in [1.54, 1.807) is 6.92 Å². The van der Waals surface area contributed by atoms with Gasteiger partial charge in [0.05, 0.1) is 26.4 Å². The van der Waals surface area contributed by atoms with E-state index in [-0.39, 0.29) is 18.7 Å². The van der Waals surface area contributed by atoms with Crippen LogP contribution in [0.5, 0.6) is 0 Å². The first-order chi connectivity index (χ1) is 10.2. The van der Waals surface area contributed by atoms with Crippen LogP contribution in [0.15, 0.2) is 30.3 Å². The van der Waals surface area contributed by atoms with Gasteiger partial charge in [-0.25, -0.2) is 4.79 Å². The van der Waals surface area contributed by atoms with Gasteiger partial charge in [-0.3, -0.25) is 5.32 Å². The molecular formula is C16H23NO4. The van der Waals surface area contributed by atoms with Gasteiger partial charge in [-0.1, -0.05) is 37.3 Å². The Balaban J connectivity index is 2.25. The van der Waals surface area contributed by atoms with E-state index >= 15 is 0 Å². The summed E-state index contributed by atoms with van der Waals surface area (Å²) in [6.07, 6.45) is 0.0566. The molecular weight excluding hydrogens is 270 g/mol. The first-order valence-corrected chi connectivity index (χ1v) is 7.40. The van der Waals surface area contributed by atoms with Crippen LogP contribution >= 0.6 is 0 Å². The second kappa shape index (κ2) is 7.54. The summed E-state index contributed by atoms with van der Waals surface area (Å²) < 4.78 is 16.2. The fraction of sp³-hybridized carbons (Fsp3) is 0.562. The third kappa shape index (κ3) is 3.61. The number of benzene rings is 1. The molecule has 1 fully saturated rings. The van der Waals surface area contributed by atoms with Crippen LogP contribution in [0.4, 0.5) is 0 Å². The number of ether oxygens (including phenoxy) is 3. The van der Waals surface area contributed by atoms with Crippen molar-refractivity contribution in [3.8, 4) is 0 Å². The molecule has 1 unspecified atom stereocenters. The van der Waals surface area contributed by atoms with Gasteiger partial charge in [-0.15, -0.1) is 0 Å². The molecule has 21 heavy (non-hydrogen) atoms. The third-order valence-corrected chi connectivity index (χ3v) is 3.51. The average molecular weight is 293 g/mol. The zero-order chi connectivity index (χ0) is 15.1. The number of carbonyl (C=O) groups excluding carboxylic acids is 1. The minimum absolute atomic E-state index is 0.0566. The highest BCUT2D eigenvalue weighted by Gasteiger charge is 2.42. The van der Waals surface area contributed by atoms with E-state index in [0.717, 1.165) is 5.56 Å². The molecule has 1 atom stereocenters. The molecule has 0 saturated carbocycles. The molecule has 1 aliphatic heterocycles. The van der Waals surface area contributed by atoms with Gasteiger partial charge in [-0.05, 0) is 19.0 Å². The van der Waals surface area contributed by atoms with Crippen LogP contribution < -0.4 is 5.32 Å². The zero-order valence-electron chi connectivity index (χ0n) is 12.6. The van der Waals surface area contributed by atoms with Crippen molar-refractivity contribution in [1.29, 1.82) is 0 Å². The molecule has 0 amide bonds. The van der Waals surface area contributed by atoms with E-state index in [2.05, 4.69) is 5.32 Å². The van der Waals surface area contributed by atoms with Gasteiger partial charge in [-0.2, -0.15) is 0 Å². The zero-order valence-corrected chi connectivity index (χ0v) is 12.6. The van der Waals surface area contributed by atoms with Crippen molar-refractivity contribution in [2.45, 2.75) is 25.5 Å². The Labute approximate surface area is 125 Å². The quantitative estimate of drug-likeness (QED) is 0.736. The first-order valence-electron chi connectivity index (χ1n) is 7.40. The highest BCUT2D eigenvalue weighted by atomic mass is 16.6. The summed E-state index contributed by atoms with van der Waals surface area (Å²) >= 11 is 0. The summed E-state index contributed by atoms with van der Waals surface area (Å²) in [5, 5.41) is 3.26. The Kier molecular flexibility index (Phi) is 5.73. The molecule has 0 spiro atoms. The molecule has 1 saturated heterocycles. The number of carbonyl (C=O) groups is 1. The van der Waals surface area contributed by atoms with Gasteiger partial charge in [0.1, 0.15) is 6.10 Å². The molecule has 1 aromatic rings. The van der Waals surface area contributed by atoms with Crippen LogP contribution in [0.2, 0.25) is 0 Å². The van der Waals surface area contributed by atoms with E-state index in [1.165, 1.54) is 0 Å². The minimum atomic E-state index is -0.971. The van der Waals surface area contributed by atoms with Gasteiger partial charge in [0.15, 0.2) is 5.54 Å². The van der Waals surface area contributed by atoms with Gasteiger partial charge in [0.25, 0.3) is 0 Å². The van der Waals surface area contributed by atoms with Crippen molar-refractivity contribution in [1.82, 2.24) is 5.32 Å². The van der Waals surface area contributed by atoms with Crippen molar-refractivity contribution < 1.29 is 19.0 Å². The Bertz CT molecular complexity index is 447. The first kappa shape index (κ1) is 15.9. The summed E-state index contributed by atoms with van der Waals surface area (Å²) in [4.78, 5) is 12.6. The monoisotopic (exact) mass is 293 g/mol. The van der Waals surface area contributed by atoms with Crippen molar-refractivity contribution in [3.05, 3.63) is 35.9 Å². The molecule has 1 heterocycles. The fourth-order valence-electron chi connectivity index (χ4n) is 2.32. The number of likely N-dealkylation sites (N-methyl/N-ethyl adjacent to an activating group) is 1. The Morgan fingerprint density at radius 2 is 2.05 bits per heavy atom. The largest absolute Gasteiger partial charge is 0.464 e. The average Bonchev–Trinajstić information content (AvgIpc) is 2.45. The van der Waals surface area contributed by atoms with Crippen LogP contribution in [0, 0.1) is 0 Å². The molecule has 0 bridgehead atoms. The van der Waals surface area contributed by atoms with Crippen LogP contribution in [0.25, 0.3) is 0 Å². The number of esters is 1. The molecule has 5 nitrogen and oxygen atoms in total. The van der Waals surface area contributed by atoms with Gasteiger partial charge >= 0.3 is 5.97 Å². The second-order valence-corrected chi connectivity index (χ2v) is 4.99. The molecule has 0 aromatic heterocycles. The highest BCUT2D eigenvalue weighted by molar-refractivity contribution is 5.83. The maximum Gasteiger partial charge on any atom is 0.333 e. The predicted octanol–water partition coefficient (Wildman–Crippen LogP) is 1.47. The van der Waals surface area contributed by atoms with Crippen LogP contribution in [0.3, 0.4) is 0 Å². The molecule has 0 aliphatic carbocycles. The SMILES string of the molecule is CCNC(COC1COC1)(C(=O)OCC)c1ccccc1. The van der Waals surface area contributed by atoms with E-state index in [9.17, 15) is 4.79 Å². The minimum Gasteiger partial charge on any atom is -0.464 e. The standard InChI is InChI=1S/C16H23NO4/c1-3-17-16(15(18)20-4-2,12-21-14-10-19-11-14)13-8-6-5-7-9-13/h5-9,14,17H,3-4,10-12H2,1-2H3. The summed E-state index contributed by atoms with van der Waals surface area (Å²) in [5.41, 5.74) is -0.118. The lowest BCUT2D eigenvalue weighted by atomic mass is 9.90. The van der Waals surface area contributed by atoms with Gasteiger partial charge in [0, 0.05) is 0 Å². The fourth-order valence-corrected chi connectivity index (χ4v) is 2.32. The molecule has 116 valence electrons. The summed E-state index contributed by atoms with van der Waals surface area (Å²) in [5.74, 6) is -0.307. The van der Waals surface area contributed by atoms with E-state index < -0.39 is 5.54 Å².